The molecule has 132 valence electrons. The fourth-order valence-electron chi connectivity index (χ4n) is 1.42. The van der Waals surface area contributed by atoms with Crippen molar-refractivity contribution in [3.63, 3.8) is 0 Å². The SMILES string of the molecule is COS(=O)OC1(F)C(F)(F)C(F)(F)C(F)(F)C(F)(F)C1(F)F. The van der Waals surface area contributed by atoms with Gasteiger partial charge in [-0.05, 0) is 0 Å². The normalized spacial score (nSPS) is 31.5. The van der Waals surface area contributed by atoms with Gasteiger partial charge in [-0.15, -0.1) is 0 Å². The molecule has 0 spiro atoms. The minimum absolute atomic E-state index is 0.240. The van der Waals surface area contributed by atoms with Crippen LogP contribution in [-0.4, -0.2) is 46.8 Å². The first-order chi connectivity index (χ1) is 9.45. The molecule has 1 fully saturated rings. The van der Waals surface area contributed by atoms with Gasteiger partial charge in [-0.3, -0.25) is 4.18 Å². The maximum Gasteiger partial charge on any atom is 0.384 e. The van der Waals surface area contributed by atoms with E-state index >= 15 is 0 Å². The maximum absolute atomic E-state index is 13.6. The second-order valence-corrected chi connectivity index (χ2v) is 4.83. The van der Waals surface area contributed by atoms with Crippen LogP contribution in [-0.2, 0) is 19.7 Å². The lowest BCUT2D eigenvalue weighted by molar-refractivity contribution is -0.513. The van der Waals surface area contributed by atoms with Crippen LogP contribution >= 0.6 is 0 Å². The second kappa shape index (κ2) is 4.66. The Morgan fingerprint density at radius 2 is 0.909 bits per heavy atom. The zero-order valence-corrected chi connectivity index (χ0v) is 10.6. The Hall–Kier alpha value is -0.700. The predicted molar refractivity (Wildman–Crippen MR) is 44.8 cm³/mol. The summed E-state index contributed by atoms with van der Waals surface area (Å²) in [5.74, 6) is -43.1. The molecule has 1 saturated carbocycles. The zero-order chi connectivity index (χ0) is 18.0. The molecule has 0 aliphatic heterocycles. The highest BCUT2D eigenvalue weighted by Crippen LogP contribution is 2.69. The standard InChI is InChI=1S/C7H3F11O3S/c1-20-22(19)21-7(18)5(14,15)3(10,11)2(8,9)4(12,13)6(7,16)17/h1H3. The molecule has 0 radical (unpaired) electrons. The zero-order valence-electron chi connectivity index (χ0n) is 9.79. The number of rotatable bonds is 3. The molecule has 0 aromatic carbocycles. The summed E-state index contributed by atoms with van der Waals surface area (Å²) in [7, 11) is 0.240. The van der Waals surface area contributed by atoms with E-state index in [0.717, 1.165) is 0 Å². The summed E-state index contributed by atoms with van der Waals surface area (Å²) in [4.78, 5) is 0. The summed E-state index contributed by atoms with van der Waals surface area (Å²) in [6.07, 6.45) is 0. The van der Waals surface area contributed by atoms with Crippen molar-refractivity contribution in [1.29, 1.82) is 0 Å². The van der Waals surface area contributed by atoms with Crippen LogP contribution in [0, 0.1) is 0 Å². The van der Waals surface area contributed by atoms with Crippen LogP contribution in [0.4, 0.5) is 48.3 Å². The highest BCUT2D eigenvalue weighted by Gasteiger charge is 3.02. The molecule has 1 unspecified atom stereocenters. The van der Waals surface area contributed by atoms with Crippen molar-refractivity contribution < 1.29 is 60.9 Å². The topological polar surface area (TPSA) is 35.5 Å². The van der Waals surface area contributed by atoms with Crippen molar-refractivity contribution in [1.82, 2.24) is 0 Å². The molecule has 0 heterocycles. The molecule has 0 saturated heterocycles. The highest BCUT2D eigenvalue weighted by molar-refractivity contribution is 7.75. The van der Waals surface area contributed by atoms with E-state index in [1.807, 2.05) is 0 Å². The lowest BCUT2D eigenvalue weighted by Crippen LogP contribution is -2.84. The van der Waals surface area contributed by atoms with Crippen molar-refractivity contribution in [2.75, 3.05) is 7.11 Å². The van der Waals surface area contributed by atoms with Crippen LogP contribution in [0.15, 0.2) is 0 Å². The van der Waals surface area contributed by atoms with E-state index in [-0.39, 0.29) is 7.11 Å². The van der Waals surface area contributed by atoms with Gasteiger partial charge in [-0.1, -0.05) is 0 Å². The highest BCUT2D eigenvalue weighted by atomic mass is 32.2. The van der Waals surface area contributed by atoms with E-state index in [1.165, 1.54) is 0 Å². The Morgan fingerprint density at radius 1 is 0.636 bits per heavy atom. The molecule has 0 N–H and O–H groups in total. The van der Waals surface area contributed by atoms with Gasteiger partial charge >= 0.3 is 46.8 Å². The van der Waals surface area contributed by atoms with Crippen LogP contribution in [0.25, 0.3) is 0 Å². The minimum Gasteiger partial charge on any atom is -0.272 e. The lowest BCUT2D eigenvalue weighted by atomic mass is 9.79. The predicted octanol–water partition coefficient (Wildman–Crippen LogP) is 3.08. The first-order valence-electron chi connectivity index (χ1n) is 4.69. The Labute approximate surface area is 116 Å². The van der Waals surface area contributed by atoms with Crippen molar-refractivity contribution in [2.24, 2.45) is 0 Å². The molecule has 15 heteroatoms. The molecule has 3 nitrogen and oxygen atoms in total. The van der Waals surface area contributed by atoms with E-state index in [9.17, 15) is 52.5 Å². The maximum atomic E-state index is 13.6. The summed E-state index contributed by atoms with van der Waals surface area (Å²) in [6, 6.07) is 0. The average molecular weight is 376 g/mol. The monoisotopic (exact) mass is 376 g/mol. The molecule has 0 aromatic heterocycles. The van der Waals surface area contributed by atoms with E-state index in [4.69, 9.17) is 0 Å². The average Bonchev–Trinajstić information content (AvgIpc) is 2.35. The van der Waals surface area contributed by atoms with Crippen LogP contribution in [0.1, 0.15) is 0 Å². The molecule has 0 bridgehead atoms. The van der Waals surface area contributed by atoms with Gasteiger partial charge in [0.1, 0.15) is 0 Å². The Bertz CT molecular complexity index is 460. The van der Waals surface area contributed by atoms with E-state index in [1.54, 1.807) is 0 Å². The van der Waals surface area contributed by atoms with E-state index in [2.05, 4.69) is 8.37 Å². The molecule has 1 atom stereocenters. The summed E-state index contributed by atoms with van der Waals surface area (Å²) in [5.41, 5.74) is 0. The van der Waals surface area contributed by atoms with Gasteiger partial charge in [0.05, 0.1) is 7.11 Å². The molecular formula is C7H3F11O3S. The van der Waals surface area contributed by atoms with Gasteiger partial charge in [0.2, 0.25) is 0 Å². The fourth-order valence-corrected chi connectivity index (χ4v) is 1.89. The van der Waals surface area contributed by atoms with Gasteiger partial charge < -0.3 is 0 Å². The molecule has 0 aromatic rings. The number of alkyl halides is 11. The van der Waals surface area contributed by atoms with Gasteiger partial charge in [0.25, 0.3) is 0 Å². The Morgan fingerprint density at radius 3 is 1.18 bits per heavy atom. The van der Waals surface area contributed by atoms with Crippen molar-refractivity contribution in [3.8, 4) is 0 Å². The van der Waals surface area contributed by atoms with Crippen LogP contribution < -0.4 is 0 Å². The van der Waals surface area contributed by atoms with Gasteiger partial charge in [-0.2, -0.15) is 52.5 Å². The summed E-state index contributed by atoms with van der Waals surface area (Å²) in [6.45, 7) is 0. The van der Waals surface area contributed by atoms with Gasteiger partial charge in [-0.25, -0.2) is 4.18 Å². The van der Waals surface area contributed by atoms with Crippen molar-refractivity contribution in [2.45, 2.75) is 35.5 Å². The Kier molecular flexibility index (Phi) is 4.09. The second-order valence-electron chi connectivity index (χ2n) is 3.92. The molecule has 1 aliphatic rings. The largest absolute Gasteiger partial charge is 0.384 e. The van der Waals surface area contributed by atoms with E-state index in [0.29, 0.717) is 0 Å². The summed E-state index contributed by atoms with van der Waals surface area (Å²) >= 11 is -3.99. The molecule has 0 amide bonds. The first-order valence-corrected chi connectivity index (χ1v) is 5.69. The third kappa shape index (κ3) is 1.78. The summed E-state index contributed by atoms with van der Waals surface area (Å²) in [5, 5.41) is 0. The van der Waals surface area contributed by atoms with E-state index < -0.39 is 46.8 Å². The number of hydrogen-bond acceptors (Lipinski definition) is 3. The minimum atomic E-state index is -7.35. The van der Waals surface area contributed by atoms with Crippen LogP contribution in [0.5, 0.6) is 0 Å². The summed E-state index contributed by atoms with van der Waals surface area (Å²) < 4.78 is 160. The van der Waals surface area contributed by atoms with Crippen molar-refractivity contribution >= 4 is 11.4 Å². The van der Waals surface area contributed by atoms with Crippen LogP contribution in [0.2, 0.25) is 0 Å². The number of halogens is 11. The third-order valence-corrected chi connectivity index (χ3v) is 3.34. The fraction of sp³-hybridized carbons (Fsp3) is 1.00. The molecule has 22 heavy (non-hydrogen) atoms. The van der Waals surface area contributed by atoms with Crippen molar-refractivity contribution in [3.05, 3.63) is 0 Å². The smallest absolute Gasteiger partial charge is 0.272 e. The molecular weight excluding hydrogens is 373 g/mol. The van der Waals surface area contributed by atoms with Gasteiger partial charge in [0, 0.05) is 0 Å². The third-order valence-electron chi connectivity index (χ3n) is 2.70. The molecule has 1 aliphatic carbocycles. The quantitative estimate of drug-likeness (QED) is 0.711. The lowest BCUT2D eigenvalue weighted by Gasteiger charge is -2.50. The van der Waals surface area contributed by atoms with Crippen LogP contribution in [0.3, 0.4) is 0 Å². The first kappa shape index (κ1) is 19.3. The number of hydrogen-bond donors (Lipinski definition) is 0. The Balaban J connectivity index is 3.73. The molecule has 1 rings (SSSR count). The van der Waals surface area contributed by atoms with Gasteiger partial charge in [0.15, 0.2) is 0 Å².